The molecule has 126 valence electrons. The van der Waals surface area contributed by atoms with Crippen LogP contribution in [-0.2, 0) is 7.05 Å². The van der Waals surface area contributed by atoms with Crippen LogP contribution in [0.3, 0.4) is 0 Å². The Morgan fingerprint density at radius 2 is 2.20 bits per heavy atom. The number of aromatic hydroxyl groups is 1. The van der Waals surface area contributed by atoms with Gasteiger partial charge in [0, 0.05) is 11.8 Å². The molecule has 0 bridgehead atoms. The third kappa shape index (κ3) is 3.12. The van der Waals surface area contributed by atoms with Crippen LogP contribution < -0.4 is 10.00 Å². The van der Waals surface area contributed by atoms with Gasteiger partial charge in [0.1, 0.15) is 12.7 Å². The van der Waals surface area contributed by atoms with E-state index in [0.717, 1.165) is 5.70 Å². The van der Waals surface area contributed by atoms with Crippen LogP contribution >= 0.6 is 0 Å². The normalized spacial score (nSPS) is 11.5. The molecule has 3 aromatic rings. The number of aromatic nitrogens is 5. The highest BCUT2D eigenvalue weighted by molar-refractivity contribution is 5.62. The van der Waals surface area contributed by atoms with Crippen LogP contribution in [-0.4, -0.2) is 24.7 Å². The zero-order chi connectivity index (χ0) is 18.0. The van der Waals surface area contributed by atoms with Crippen LogP contribution in [0.1, 0.15) is 6.92 Å². The van der Waals surface area contributed by atoms with E-state index >= 15 is 0 Å². The summed E-state index contributed by atoms with van der Waals surface area (Å²) in [6, 6.07) is 5.37. The van der Waals surface area contributed by atoms with Crippen molar-refractivity contribution in [3.63, 3.8) is 0 Å². The Balaban J connectivity index is 2.22. The fraction of sp³-hybridized carbons (Fsp3) is 0.111. The topological polar surface area (TPSA) is 76.8 Å². The summed E-state index contributed by atoms with van der Waals surface area (Å²) in [5.74, 6) is -0.380. The van der Waals surface area contributed by atoms with Crippen LogP contribution in [0, 0.1) is 0 Å². The van der Waals surface area contributed by atoms with Gasteiger partial charge in [0.2, 0.25) is 0 Å². The number of nitrogens with zero attached hydrogens (tertiary/aromatic N) is 5. The first-order valence-electron chi connectivity index (χ1n) is 7.64. The maximum Gasteiger partial charge on any atom is 0.251 e. The van der Waals surface area contributed by atoms with Gasteiger partial charge in [0.25, 0.3) is 5.43 Å². The highest BCUT2D eigenvalue weighted by Crippen LogP contribution is 2.19. The minimum Gasteiger partial charge on any atom is -0.503 e. The maximum absolute atomic E-state index is 12.4. The molecule has 0 radical (unpaired) electrons. The third-order valence-corrected chi connectivity index (χ3v) is 3.67. The van der Waals surface area contributed by atoms with Crippen LogP contribution in [0.4, 0.5) is 0 Å². The molecule has 0 aromatic carbocycles. The molecule has 0 aliphatic rings. The molecule has 1 N–H and O–H groups in total. The minimum absolute atomic E-state index is 0.112. The summed E-state index contributed by atoms with van der Waals surface area (Å²) in [4.78, 5) is 12.4. The lowest BCUT2D eigenvalue weighted by Crippen LogP contribution is -2.27. The summed E-state index contributed by atoms with van der Waals surface area (Å²) in [5, 5.41) is 18.7. The number of rotatable bonds is 4. The average molecular weight is 336 g/mol. The molecular weight excluding hydrogens is 318 g/mol. The second-order valence-corrected chi connectivity index (χ2v) is 5.54. The molecule has 3 aromatic heterocycles. The Morgan fingerprint density at radius 1 is 1.40 bits per heavy atom. The van der Waals surface area contributed by atoms with E-state index in [2.05, 4.69) is 16.8 Å². The van der Waals surface area contributed by atoms with Gasteiger partial charge in [-0.05, 0) is 25.1 Å². The van der Waals surface area contributed by atoms with Gasteiger partial charge in [-0.25, -0.2) is 13.9 Å². The molecule has 0 aliphatic heterocycles. The summed E-state index contributed by atoms with van der Waals surface area (Å²) in [6.07, 6.45) is 10.0. The van der Waals surface area contributed by atoms with Gasteiger partial charge >= 0.3 is 0 Å². The number of aryl methyl sites for hydroxylation is 1. The van der Waals surface area contributed by atoms with Crippen LogP contribution in [0.5, 0.6) is 5.75 Å². The van der Waals surface area contributed by atoms with Crippen molar-refractivity contribution in [2.24, 2.45) is 7.05 Å². The standard InChI is InChI=1S/C18H17N5O2/c1-4-6-13(2)23-15(8-9-19-23)17-18(25)16(24)12-22(20-17)14-7-5-10-21(3)11-14/h4-12H,1H2,2-3H3/p+1/b13-6+. The van der Waals surface area contributed by atoms with Gasteiger partial charge in [-0.15, -0.1) is 0 Å². The lowest BCUT2D eigenvalue weighted by Gasteiger charge is -2.10. The van der Waals surface area contributed by atoms with Crippen LogP contribution in [0.15, 0.2) is 66.5 Å². The smallest absolute Gasteiger partial charge is 0.251 e. The van der Waals surface area contributed by atoms with E-state index in [1.165, 1.54) is 10.9 Å². The van der Waals surface area contributed by atoms with Crippen molar-refractivity contribution in [2.45, 2.75) is 6.92 Å². The summed E-state index contributed by atoms with van der Waals surface area (Å²) in [5.41, 5.74) is 1.54. The number of pyridine rings is 1. The van der Waals surface area contributed by atoms with Crippen molar-refractivity contribution in [2.75, 3.05) is 0 Å². The molecule has 0 saturated heterocycles. The highest BCUT2D eigenvalue weighted by atomic mass is 16.3. The van der Waals surface area contributed by atoms with Crippen LogP contribution in [0.2, 0.25) is 0 Å². The first kappa shape index (κ1) is 16.4. The Kier molecular flexibility index (Phi) is 4.30. The quantitative estimate of drug-likeness (QED) is 0.581. The van der Waals surface area contributed by atoms with Crippen molar-refractivity contribution < 1.29 is 9.67 Å². The van der Waals surface area contributed by atoms with E-state index < -0.39 is 5.43 Å². The van der Waals surface area contributed by atoms with Gasteiger partial charge in [-0.1, -0.05) is 12.7 Å². The van der Waals surface area contributed by atoms with E-state index in [4.69, 9.17) is 0 Å². The van der Waals surface area contributed by atoms with E-state index in [9.17, 15) is 9.90 Å². The molecule has 0 amide bonds. The fourth-order valence-corrected chi connectivity index (χ4v) is 2.49. The second-order valence-electron chi connectivity index (χ2n) is 5.54. The Morgan fingerprint density at radius 3 is 2.92 bits per heavy atom. The Bertz CT molecular complexity index is 1030. The molecule has 3 rings (SSSR count). The molecule has 0 saturated carbocycles. The zero-order valence-electron chi connectivity index (χ0n) is 14.0. The van der Waals surface area contributed by atoms with Crippen molar-refractivity contribution >= 4 is 5.70 Å². The molecule has 0 atom stereocenters. The third-order valence-electron chi connectivity index (χ3n) is 3.67. The molecule has 0 fully saturated rings. The van der Waals surface area contributed by atoms with Gasteiger partial charge in [0.05, 0.1) is 18.1 Å². The first-order valence-corrected chi connectivity index (χ1v) is 7.64. The molecule has 7 heteroatoms. The minimum atomic E-state index is -0.551. The zero-order valence-corrected chi connectivity index (χ0v) is 14.0. The van der Waals surface area contributed by atoms with E-state index in [0.29, 0.717) is 11.4 Å². The predicted octanol–water partition coefficient (Wildman–Crippen LogP) is 1.67. The van der Waals surface area contributed by atoms with Gasteiger partial charge in [0.15, 0.2) is 23.8 Å². The number of allylic oxidation sites excluding steroid dienone is 3. The lowest BCUT2D eigenvalue weighted by atomic mass is 10.2. The van der Waals surface area contributed by atoms with Gasteiger partial charge in [-0.3, -0.25) is 4.79 Å². The molecule has 0 unspecified atom stereocenters. The van der Waals surface area contributed by atoms with E-state index in [-0.39, 0.29) is 11.4 Å². The Labute approximate surface area is 144 Å². The molecule has 25 heavy (non-hydrogen) atoms. The van der Waals surface area contributed by atoms with Crippen LogP contribution in [0.25, 0.3) is 22.8 Å². The Hall–Kier alpha value is -3.48. The summed E-state index contributed by atoms with van der Waals surface area (Å²) < 4.78 is 4.91. The largest absolute Gasteiger partial charge is 0.503 e. The molecule has 7 nitrogen and oxygen atoms in total. The number of hydrogen-bond acceptors (Lipinski definition) is 4. The van der Waals surface area contributed by atoms with E-state index in [1.54, 1.807) is 29.1 Å². The van der Waals surface area contributed by atoms with Gasteiger partial charge < -0.3 is 5.11 Å². The molecule has 0 aliphatic carbocycles. The van der Waals surface area contributed by atoms with Crippen molar-refractivity contribution in [3.8, 4) is 22.8 Å². The maximum atomic E-state index is 12.4. The molecule has 0 spiro atoms. The molecule has 3 heterocycles. The highest BCUT2D eigenvalue weighted by Gasteiger charge is 2.17. The summed E-state index contributed by atoms with van der Waals surface area (Å²) in [6.45, 7) is 5.51. The monoisotopic (exact) mass is 336 g/mol. The lowest BCUT2D eigenvalue weighted by molar-refractivity contribution is -0.671. The van der Waals surface area contributed by atoms with Crippen molar-refractivity contribution in [3.05, 3.63) is 71.9 Å². The first-order chi connectivity index (χ1) is 12.0. The summed E-state index contributed by atoms with van der Waals surface area (Å²) in [7, 11) is 1.88. The molecular formula is C18H18N5O2+. The van der Waals surface area contributed by atoms with Crippen molar-refractivity contribution in [1.29, 1.82) is 0 Å². The predicted molar refractivity (Wildman–Crippen MR) is 94.0 cm³/mol. The second kappa shape index (κ2) is 6.56. The van der Waals surface area contributed by atoms with E-state index in [1.807, 2.05) is 43.1 Å². The average Bonchev–Trinajstić information content (AvgIpc) is 3.07. The van der Waals surface area contributed by atoms with Crippen molar-refractivity contribution in [1.82, 2.24) is 19.6 Å². The fourth-order valence-electron chi connectivity index (χ4n) is 2.49. The van der Waals surface area contributed by atoms with Gasteiger partial charge in [-0.2, -0.15) is 10.2 Å². The SMILES string of the molecule is C=C/C=C(\C)n1nccc1-c1nn(-c2ccc[n+](C)c2)cc(O)c1=O. The summed E-state index contributed by atoms with van der Waals surface area (Å²) >= 11 is 0. The number of hydrogen-bond donors (Lipinski definition) is 1.